The summed E-state index contributed by atoms with van der Waals surface area (Å²) in [5.41, 5.74) is 1.21. The van der Waals surface area contributed by atoms with E-state index < -0.39 is 20.9 Å². The molecule has 2 aromatic rings. The first-order valence-corrected chi connectivity index (χ1v) is 11.0. The molecule has 7 nitrogen and oxygen atoms in total. The first-order chi connectivity index (χ1) is 11.7. The van der Waals surface area contributed by atoms with Crippen molar-refractivity contribution in [3.63, 3.8) is 0 Å². The molecule has 1 aromatic carbocycles. The number of nitrogens with zero attached hydrogens (tertiary/aromatic N) is 2. The fourth-order valence-electron chi connectivity index (χ4n) is 2.36. The third-order valence-electron chi connectivity index (χ3n) is 3.81. The van der Waals surface area contributed by atoms with Crippen molar-refractivity contribution in [3.8, 4) is 11.3 Å². The van der Waals surface area contributed by atoms with Gasteiger partial charge in [-0.3, -0.25) is 13.2 Å². The molecule has 1 aromatic heterocycles. The summed E-state index contributed by atoms with van der Waals surface area (Å²) in [4.78, 5) is 13.2. The summed E-state index contributed by atoms with van der Waals surface area (Å²) in [5.74, 6) is 0. The maximum absolute atomic E-state index is 12.5. The molecule has 0 N–H and O–H groups in total. The van der Waals surface area contributed by atoms with E-state index in [0.29, 0.717) is 10.6 Å². The van der Waals surface area contributed by atoms with Gasteiger partial charge in [-0.25, -0.2) is 4.68 Å². The molecule has 1 saturated carbocycles. The lowest BCUT2D eigenvalue weighted by atomic mass is 10.1. The summed E-state index contributed by atoms with van der Waals surface area (Å²) in [6.07, 6.45) is 4.28. The Balaban J connectivity index is 2.02. The van der Waals surface area contributed by atoms with Gasteiger partial charge in [0.05, 0.1) is 24.6 Å². The van der Waals surface area contributed by atoms with Gasteiger partial charge in [0.25, 0.3) is 15.7 Å². The van der Waals surface area contributed by atoms with Gasteiger partial charge < -0.3 is 0 Å². The standard InChI is InChI=1S/C16H18N2O5S2/c1-24(20)14-7-3-11(4-8-14)15-9-12(10-23-25(2,21)22)16(19)18(17-15)13-5-6-13/h3-4,7-9,13H,5-6,10H2,1-2H3. The highest BCUT2D eigenvalue weighted by Crippen LogP contribution is 2.33. The Morgan fingerprint density at radius 1 is 1.28 bits per heavy atom. The Morgan fingerprint density at radius 2 is 1.92 bits per heavy atom. The Labute approximate surface area is 148 Å². The SMILES string of the molecule is CS(=O)c1ccc(-c2cc(COS(C)(=O)=O)c(=O)n(C3CC3)n2)cc1. The third-order valence-corrected chi connectivity index (χ3v) is 5.29. The molecule has 9 heteroatoms. The van der Waals surface area contributed by atoms with E-state index >= 15 is 0 Å². The van der Waals surface area contributed by atoms with E-state index in [1.807, 2.05) is 0 Å². The van der Waals surface area contributed by atoms with Crippen molar-refractivity contribution in [3.05, 3.63) is 46.2 Å². The van der Waals surface area contributed by atoms with Crippen LogP contribution in [0.2, 0.25) is 0 Å². The molecule has 1 fully saturated rings. The van der Waals surface area contributed by atoms with Crippen molar-refractivity contribution in [1.82, 2.24) is 9.78 Å². The second kappa shape index (κ2) is 6.81. The van der Waals surface area contributed by atoms with Gasteiger partial charge in [-0.2, -0.15) is 13.5 Å². The number of hydrogen-bond acceptors (Lipinski definition) is 6. The largest absolute Gasteiger partial charge is 0.272 e. The summed E-state index contributed by atoms with van der Waals surface area (Å²) in [5, 5.41) is 4.41. The minimum atomic E-state index is -3.65. The fourth-order valence-corrected chi connectivity index (χ4v) is 3.22. The van der Waals surface area contributed by atoms with Crippen LogP contribution in [0.15, 0.2) is 40.0 Å². The van der Waals surface area contributed by atoms with Gasteiger partial charge in [-0.1, -0.05) is 12.1 Å². The van der Waals surface area contributed by atoms with Crippen LogP contribution in [0.4, 0.5) is 0 Å². The van der Waals surface area contributed by atoms with Crippen molar-refractivity contribution in [2.45, 2.75) is 30.4 Å². The lowest BCUT2D eigenvalue weighted by molar-refractivity contribution is 0.308. The zero-order valence-corrected chi connectivity index (χ0v) is 15.5. The van der Waals surface area contributed by atoms with Crippen LogP contribution in [0.5, 0.6) is 0 Å². The van der Waals surface area contributed by atoms with Crippen molar-refractivity contribution in [1.29, 1.82) is 0 Å². The summed E-state index contributed by atoms with van der Waals surface area (Å²) in [7, 11) is -4.73. The predicted molar refractivity (Wildman–Crippen MR) is 94.2 cm³/mol. The quantitative estimate of drug-likeness (QED) is 0.702. The summed E-state index contributed by atoms with van der Waals surface area (Å²) in [6.45, 7) is -0.322. The summed E-state index contributed by atoms with van der Waals surface area (Å²) in [6, 6.07) is 8.64. The average molecular weight is 382 g/mol. The van der Waals surface area contributed by atoms with Gasteiger partial charge in [-0.05, 0) is 31.0 Å². The number of rotatable bonds is 6. The summed E-state index contributed by atoms with van der Waals surface area (Å²) >= 11 is 0. The summed E-state index contributed by atoms with van der Waals surface area (Å²) < 4.78 is 40.1. The lowest BCUT2D eigenvalue weighted by Gasteiger charge is -2.10. The Hall–Kier alpha value is -1.84. The molecular formula is C16H18N2O5S2. The zero-order valence-electron chi connectivity index (χ0n) is 13.8. The molecule has 1 aliphatic carbocycles. The smallest absolute Gasteiger partial charge is 0.267 e. The lowest BCUT2D eigenvalue weighted by Crippen LogP contribution is -2.26. The van der Waals surface area contributed by atoms with Crippen LogP contribution in [-0.2, 0) is 31.7 Å². The van der Waals surface area contributed by atoms with E-state index in [1.165, 1.54) is 4.68 Å². The van der Waals surface area contributed by atoms with E-state index in [1.54, 1.807) is 36.6 Å². The Bertz CT molecular complexity index is 977. The van der Waals surface area contributed by atoms with E-state index in [4.69, 9.17) is 4.18 Å². The maximum Gasteiger partial charge on any atom is 0.272 e. The fraction of sp³-hybridized carbons (Fsp3) is 0.375. The van der Waals surface area contributed by atoms with Gasteiger partial charge in [0.15, 0.2) is 0 Å². The second-order valence-electron chi connectivity index (χ2n) is 5.98. The minimum Gasteiger partial charge on any atom is -0.267 e. The number of aromatic nitrogens is 2. The second-order valence-corrected chi connectivity index (χ2v) is 9.00. The Morgan fingerprint density at radius 3 is 2.44 bits per heavy atom. The van der Waals surface area contributed by atoms with Gasteiger partial charge >= 0.3 is 0 Å². The molecule has 1 unspecified atom stereocenters. The molecular weight excluding hydrogens is 364 g/mol. The van der Waals surface area contributed by atoms with Gasteiger partial charge in [0, 0.05) is 33.1 Å². The number of hydrogen-bond donors (Lipinski definition) is 0. The van der Waals surface area contributed by atoms with Crippen LogP contribution in [0, 0.1) is 0 Å². The van der Waals surface area contributed by atoms with Gasteiger partial charge in [0.2, 0.25) is 0 Å². The molecule has 0 bridgehead atoms. The highest BCUT2D eigenvalue weighted by Gasteiger charge is 2.27. The maximum atomic E-state index is 12.5. The molecule has 0 aliphatic heterocycles. The molecule has 3 rings (SSSR count). The highest BCUT2D eigenvalue weighted by atomic mass is 32.2. The average Bonchev–Trinajstić information content (AvgIpc) is 3.38. The molecule has 0 amide bonds. The molecule has 0 saturated heterocycles. The highest BCUT2D eigenvalue weighted by molar-refractivity contribution is 7.86. The Kier molecular flexibility index (Phi) is 4.90. The van der Waals surface area contributed by atoms with E-state index in [9.17, 15) is 17.4 Å². The monoisotopic (exact) mass is 382 g/mol. The minimum absolute atomic E-state index is 0.0480. The molecule has 25 heavy (non-hydrogen) atoms. The van der Waals surface area contributed by atoms with Crippen LogP contribution in [0.3, 0.4) is 0 Å². The van der Waals surface area contributed by atoms with Crippen LogP contribution in [-0.4, -0.2) is 34.9 Å². The van der Waals surface area contributed by atoms with Crippen LogP contribution in [0.1, 0.15) is 24.4 Å². The number of benzene rings is 1. The molecule has 134 valence electrons. The molecule has 0 spiro atoms. The van der Waals surface area contributed by atoms with Crippen molar-refractivity contribution in [2.24, 2.45) is 0 Å². The van der Waals surface area contributed by atoms with E-state index in [2.05, 4.69) is 5.10 Å². The first kappa shape index (κ1) is 18.0. The molecule has 1 atom stereocenters. The third kappa shape index (κ3) is 4.42. The van der Waals surface area contributed by atoms with E-state index in [0.717, 1.165) is 24.7 Å². The van der Waals surface area contributed by atoms with Crippen molar-refractivity contribution < 1.29 is 16.8 Å². The zero-order chi connectivity index (χ0) is 18.2. The normalized spacial score (nSPS) is 15.9. The molecule has 1 heterocycles. The topological polar surface area (TPSA) is 95.3 Å². The van der Waals surface area contributed by atoms with Gasteiger partial charge in [0.1, 0.15) is 0 Å². The van der Waals surface area contributed by atoms with Gasteiger partial charge in [-0.15, -0.1) is 0 Å². The predicted octanol–water partition coefficient (Wildman–Crippen LogP) is 1.46. The molecule has 1 aliphatic rings. The van der Waals surface area contributed by atoms with Crippen LogP contribution in [0.25, 0.3) is 11.3 Å². The van der Waals surface area contributed by atoms with Crippen molar-refractivity contribution >= 4 is 20.9 Å². The molecule has 0 radical (unpaired) electrons. The first-order valence-electron chi connectivity index (χ1n) is 7.65. The van der Waals surface area contributed by atoms with Crippen molar-refractivity contribution in [2.75, 3.05) is 12.5 Å². The van der Waals surface area contributed by atoms with Crippen LogP contribution >= 0.6 is 0 Å². The van der Waals surface area contributed by atoms with E-state index in [-0.39, 0.29) is 23.8 Å². The van der Waals surface area contributed by atoms with Crippen LogP contribution < -0.4 is 5.56 Å².